The van der Waals surface area contributed by atoms with Crippen LogP contribution in [0, 0.1) is 13.8 Å². The van der Waals surface area contributed by atoms with E-state index in [9.17, 15) is 9.59 Å². The number of aryl methyl sites for hydroxylation is 2. The van der Waals surface area contributed by atoms with E-state index < -0.39 is 5.60 Å². The number of hydrogen-bond acceptors (Lipinski definition) is 4. The van der Waals surface area contributed by atoms with Crippen LogP contribution >= 0.6 is 0 Å². The Hall–Kier alpha value is -2.69. The zero-order chi connectivity index (χ0) is 18.3. The van der Waals surface area contributed by atoms with E-state index in [4.69, 9.17) is 4.74 Å². The van der Waals surface area contributed by atoms with Crippen LogP contribution in [0.5, 0.6) is 5.75 Å². The van der Waals surface area contributed by atoms with Gasteiger partial charge in [-0.1, -0.05) is 12.1 Å². The van der Waals surface area contributed by atoms with E-state index in [-0.39, 0.29) is 11.7 Å². The SMILES string of the molecule is Cc1cc(C)c2c(c1)OC1(CCN(C(=O)c3ccccn3)CC1)CC2=O. The van der Waals surface area contributed by atoms with Gasteiger partial charge in [0.1, 0.15) is 17.0 Å². The molecule has 0 unspecified atom stereocenters. The molecule has 1 aromatic carbocycles. The molecule has 134 valence electrons. The standard InChI is InChI=1S/C21H22N2O3/c1-14-11-15(2)19-17(24)13-21(26-18(19)12-14)6-9-23(10-7-21)20(25)16-5-3-4-8-22-16/h3-5,8,11-12H,6-7,9-10,13H2,1-2H3. The Morgan fingerprint density at radius 1 is 1.19 bits per heavy atom. The van der Waals surface area contributed by atoms with Crippen LogP contribution in [-0.2, 0) is 0 Å². The molecule has 0 atom stereocenters. The third kappa shape index (κ3) is 2.87. The first-order valence-electron chi connectivity index (χ1n) is 9.01. The molecule has 1 spiro atoms. The maximum absolute atomic E-state index is 12.8. The van der Waals surface area contributed by atoms with Gasteiger partial charge in [0.2, 0.25) is 0 Å². The summed E-state index contributed by atoms with van der Waals surface area (Å²) in [6.07, 6.45) is 3.33. The van der Waals surface area contributed by atoms with Crippen molar-refractivity contribution < 1.29 is 14.3 Å². The van der Waals surface area contributed by atoms with Crippen LogP contribution in [0.25, 0.3) is 0 Å². The molecule has 0 N–H and O–H groups in total. The van der Waals surface area contributed by atoms with E-state index in [2.05, 4.69) is 4.98 Å². The number of hydrogen-bond donors (Lipinski definition) is 0. The average molecular weight is 350 g/mol. The van der Waals surface area contributed by atoms with Gasteiger partial charge in [0.05, 0.1) is 12.0 Å². The molecule has 0 bridgehead atoms. The number of ether oxygens (including phenoxy) is 1. The Bertz CT molecular complexity index is 868. The average Bonchev–Trinajstić information content (AvgIpc) is 2.61. The van der Waals surface area contributed by atoms with E-state index >= 15 is 0 Å². The summed E-state index contributed by atoms with van der Waals surface area (Å²) in [4.78, 5) is 31.3. The number of benzene rings is 1. The van der Waals surface area contributed by atoms with Gasteiger partial charge in [-0.05, 0) is 43.2 Å². The lowest BCUT2D eigenvalue weighted by molar-refractivity contribution is -0.00594. The molecular formula is C21H22N2O3. The first-order chi connectivity index (χ1) is 12.5. The molecule has 1 aromatic heterocycles. The Labute approximate surface area is 153 Å². The van der Waals surface area contributed by atoms with E-state index in [1.807, 2.05) is 32.0 Å². The van der Waals surface area contributed by atoms with Crippen molar-refractivity contribution in [1.82, 2.24) is 9.88 Å². The van der Waals surface area contributed by atoms with Crippen molar-refractivity contribution in [2.75, 3.05) is 13.1 Å². The molecule has 2 aromatic rings. The number of fused-ring (bicyclic) bond motifs is 1. The molecule has 3 heterocycles. The predicted molar refractivity (Wildman–Crippen MR) is 97.6 cm³/mol. The highest BCUT2D eigenvalue weighted by molar-refractivity contribution is 6.02. The molecule has 1 fully saturated rings. The molecule has 0 saturated carbocycles. The predicted octanol–water partition coefficient (Wildman–Crippen LogP) is 3.34. The van der Waals surface area contributed by atoms with Gasteiger partial charge in [-0.3, -0.25) is 14.6 Å². The van der Waals surface area contributed by atoms with Crippen LogP contribution in [0.3, 0.4) is 0 Å². The molecule has 0 radical (unpaired) electrons. The quantitative estimate of drug-likeness (QED) is 0.791. The summed E-state index contributed by atoms with van der Waals surface area (Å²) in [7, 11) is 0. The summed E-state index contributed by atoms with van der Waals surface area (Å²) in [5.41, 5.74) is 2.75. The number of rotatable bonds is 1. The van der Waals surface area contributed by atoms with Gasteiger partial charge in [-0.2, -0.15) is 0 Å². The fourth-order valence-corrected chi connectivity index (χ4v) is 4.06. The van der Waals surface area contributed by atoms with E-state index in [0.29, 0.717) is 49.4 Å². The lowest BCUT2D eigenvalue weighted by atomic mass is 9.81. The lowest BCUT2D eigenvalue weighted by Gasteiger charge is -2.44. The highest BCUT2D eigenvalue weighted by Gasteiger charge is 2.44. The molecular weight excluding hydrogens is 328 g/mol. The molecule has 4 rings (SSSR count). The van der Waals surface area contributed by atoms with Crippen molar-refractivity contribution >= 4 is 11.7 Å². The van der Waals surface area contributed by atoms with Crippen LogP contribution in [0.15, 0.2) is 36.5 Å². The van der Waals surface area contributed by atoms with Crippen LogP contribution in [0.2, 0.25) is 0 Å². The van der Waals surface area contributed by atoms with Crippen molar-refractivity contribution in [2.45, 2.75) is 38.7 Å². The summed E-state index contributed by atoms with van der Waals surface area (Å²) >= 11 is 0. The number of carbonyl (C=O) groups is 2. The van der Waals surface area contributed by atoms with Crippen LogP contribution in [0.1, 0.15) is 51.2 Å². The number of carbonyl (C=O) groups excluding carboxylic acids is 2. The van der Waals surface area contributed by atoms with Gasteiger partial charge in [-0.25, -0.2) is 0 Å². The van der Waals surface area contributed by atoms with E-state index in [1.54, 1.807) is 23.2 Å². The van der Waals surface area contributed by atoms with Crippen molar-refractivity contribution in [3.63, 3.8) is 0 Å². The monoisotopic (exact) mass is 350 g/mol. The van der Waals surface area contributed by atoms with Crippen LogP contribution in [-0.4, -0.2) is 40.3 Å². The number of pyridine rings is 1. The first-order valence-corrected chi connectivity index (χ1v) is 9.01. The molecule has 5 nitrogen and oxygen atoms in total. The topological polar surface area (TPSA) is 59.5 Å². The van der Waals surface area contributed by atoms with Crippen LogP contribution in [0.4, 0.5) is 0 Å². The zero-order valence-corrected chi connectivity index (χ0v) is 15.1. The van der Waals surface area contributed by atoms with Gasteiger partial charge in [0, 0.05) is 32.1 Å². The largest absolute Gasteiger partial charge is 0.486 e. The van der Waals surface area contributed by atoms with E-state index in [0.717, 1.165) is 11.1 Å². The highest BCUT2D eigenvalue weighted by Crippen LogP contribution is 2.41. The highest BCUT2D eigenvalue weighted by atomic mass is 16.5. The van der Waals surface area contributed by atoms with Gasteiger partial charge in [0.15, 0.2) is 5.78 Å². The Kier molecular flexibility index (Phi) is 4.02. The third-order valence-electron chi connectivity index (χ3n) is 5.38. The van der Waals surface area contributed by atoms with Gasteiger partial charge in [0.25, 0.3) is 5.91 Å². The maximum atomic E-state index is 12.8. The van der Waals surface area contributed by atoms with E-state index in [1.165, 1.54) is 0 Å². The molecule has 1 saturated heterocycles. The number of Topliss-reactive ketones (excluding diaryl/α,β-unsaturated/α-hetero) is 1. The molecule has 0 aliphatic carbocycles. The number of aromatic nitrogens is 1. The summed E-state index contributed by atoms with van der Waals surface area (Å²) in [6, 6.07) is 9.31. The normalized spacial score (nSPS) is 18.4. The summed E-state index contributed by atoms with van der Waals surface area (Å²) in [5.74, 6) is 0.784. The minimum atomic E-state index is -0.495. The Balaban J connectivity index is 1.52. The smallest absolute Gasteiger partial charge is 0.272 e. The molecule has 2 aliphatic heterocycles. The zero-order valence-electron chi connectivity index (χ0n) is 15.1. The molecule has 26 heavy (non-hydrogen) atoms. The second kappa shape index (κ2) is 6.24. The Morgan fingerprint density at radius 2 is 1.96 bits per heavy atom. The maximum Gasteiger partial charge on any atom is 0.272 e. The number of piperidine rings is 1. The summed E-state index contributed by atoms with van der Waals surface area (Å²) in [6.45, 7) is 5.11. The third-order valence-corrected chi connectivity index (χ3v) is 5.38. The molecule has 2 aliphatic rings. The lowest BCUT2D eigenvalue weighted by Crippen LogP contribution is -2.52. The minimum Gasteiger partial charge on any atom is -0.486 e. The van der Waals surface area contributed by atoms with Crippen LogP contribution < -0.4 is 4.74 Å². The minimum absolute atomic E-state index is 0.0605. The van der Waals surface area contributed by atoms with Gasteiger partial charge >= 0.3 is 0 Å². The fourth-order valence-electron chi connectivity index (χ4n) is 4.06. The number of amides is 1. The number of likely N-dealkylation sites (tertiary alicyclic amines) is 1. The number of ketones is 1. The molecule has 1 amide bonds. The second-order valence-electron chi connectivity index (χ2n) is 7.35. The fraction of sp³-hybridized carbons (Fsp3) is 0.381. The van der Waals surface area contributed by atoms with Crippen molar-refractivity contribution in [2.24, 2.45) is 0 Å². The van der Waals surface area contributed by atoms with Crippen molar-refractivity contribution in [3.05, 3.63) is 58.9 Å². The van der Waals surface area contributed by atoms with Gasteiger partial charge in [-0.15, -0.1) is 0 Å². The Morgan fingerprint density at radius 3 is 2.65 bits per heavy atom. The molecule has 5 heteroatoms. The first kappa shape index (κ1) is 16.8. The second-order valence-corrected chi connectivity index (χ2v) is 7.35. The van der Waals surface area contributed by atoms with Crippen molar-refractivity contribution in [3.8, 4) is 5.75 Å². The summed E-state index contributed by atoms with van der Waals surface area (Å²) in [5, 5.41) is 0. The summed E-state index contributed by atoms with van der Waals surface area (Å²) < 4.78 is 6.35. The van der Waals surface area contributed by atoms with Gasteiger partial charge < -0.3 is 9.64 Å². The number of nitrogens with zero attached hydrogens (tertiary/aromatic N) is 2. The van der Waals surface area contributed by atoms with Crippen molar-refractivity contribution in [1.29, 1.82) is 0 Å².